The number of hydrogen-bond acceptors (Lipinski definition) is 1. The molecule has 1 heterocycles. The smallest absolute Gasteiger partial charge is 0.275 e. The third-order valence-corrected chi connectivity index (χ3v) is 3.41. The van der Waals surface area contributed by atoms with Crippen LogP contribution in [0.2, 0.25) is 10.0 Å². The van der Waals surface area contributed by atoms with Gasteiger partial charge in [-0.25, -0.2) is 0 Å². The first-order valence-corrected chi connectivity index (χ1v) is 5.95. The van der Waals surface area contributed by atoms with E-state index in [2.05, 4.69) is 5.32 Å². The van der Waals surface area contributed by atoms with Crippen LogP contribution in [0.3, 0.4) is 0 Å². The molecule has 1 saturated heterocycles. The average molecular weight is 260 g/mol. The molecule has 2 rings (SSSR count). The molecular formula is C11H13Cl2N2O+. The fraction of sp³-hybridized carbons (Fsp3) is 0.364. The zero-order chi connectivity index (χ0) is 11.5. The molecule has 2 N–H and O–H groups in total. The van der Waals surface area contributed by atoms with Gasteiger partial charge >= 0.3 is 0 Å². The number of nitrogens with one attached hydrogen (secondary N) is 2. The standard InChI is InChI=1S/C11H12Cl2N2O/c12-9-2-1-3-10(13)8(9)6-15-5-4-14-11(16)7-15/h1-3H,4-7H2,(H,14,16)/p+1. The molecule has 1 aromatic rings. The molecule has 1 atom stereocenters. The molecule has 1 aliphatic rings. The molecule has 1 aromatic carbocycles. The van der Waals surface area contributed by atoms with Crippen molar-refractivity contribution in [2.45, 2.75) is 6.54 Å². The summed E-state index contributed by atoms with van der Waals surface area (Å²) in [5.41, 5.74) is 0.926. The Hall–Kier alpha value is -0.770. The minimum Gasteiger partial charge on any atom is -0.346 e. The molecule has 3 nitrogen and oxygen atoms in total. The Balaban J connectivity index is 2.11. The van der Waals surface area contributed by atoms with Gasteiger partial charge in [0.2, 0.25) is 0 Å². The van der Waals surface area contributed by atoms with Crippen molar-refractivity contribution in [2.24, 2.45) is 0 Å². The van der Waals surface area contributed by atoms with Crippen LogP contribution in [0.25, 0.3) is 0 Å². The van der Waals surface area contributed by atoms with Crippen molar-refractivity contribution in [1.82, 2.24) is 5.32 Å². The van der Waals surface area contributed by atoms with Crippen molar-refractivity contribution >= 4 is 29.1 Å². The van der Waals surface area contributed by atoms with Gasteiger partial charge in [-0.1, -0.05) is 29.3 Å². The number of amides is 1. The lowest BCUT2D eigenvalue weighted by molar-refractivity contribution is -0.907. The van der Waals surface area contributed by atoms with E-state index in [0.717, 1.165) is 18.7 Å². The van der Waals surface area contributed by atoms with E-state index in [1.807, 2.05) is 18.2 Å². The number of hydrogen-bond donors (Lipinski definition) is 2. The highest BCUT2D eigenvalue weighted by Crippen LogP contribution is 2.23. The normalized spacial score (nSPS) is 20.6. The second-order valence-electron chi connectivity index (χ2n) is 3.90. The van der Waals surface area contributed by atoms with Crippen molar-refractivity contribution in [1.29, 1.82) is 0 Å². The van der Waals surface area contributed by atoms with Gasteiger partial charge in [-0.3, -0.25) is 4.79 Å². The summed E-state index contributed by atoms with van der Waals surface area (Å²) < 4.78 is 0. The molecule has 16 heavy (non-hydrogen) atoms. The number of benzene rings is 1. The maximum absolute atomic E-state index is 11.2. The average Bonchev–Trinajstić information content (AvgIpc) is 2.24. The Morgan fingerprint density at radius 1 is 1.31 bits per heavy atom. The van der Waals surface area contributed by atoms with Gasteiger partial charge in [-0.2, -0.15) is 0 Å². The van der Waals surface area contributed by atoms with Gasteiger partial charge in [0, 0.05) is 5.56 Å². The minimum absolute atomic E-state index is 0.0874. The summed E-state index contributed by atoms with van der Waals surface area (Å²) in [4.78, 5) is 12.4. The summed E-state index contributed by atoms with van der Waals surface area (Å²) in [6.45, 7) is 2.82. The van der Waals surface area contributed by atoms with Gasteiger partial charge in [0.1, 0.15) is 6.54 Å². The largest absolute Gasteiger partial charge is 0.346 e. The van der Waals surface area contributed by atoms with Crippen LogP contribution in [0.1, 0.15) is 5.56 Å². The van der Waals surface area contributed by atoms with Crippen LogP contribution < -0.4 is 10.2 Å². The summed E-state index contributed by atoms with van der Waals surface area (Å²) in [6.07, 6.45) is 0. The monoisotopic (exact) mass is 259 g/mol. The minimum atomic E-state index is 0.0874. The van der Waals surface area contributed by atoms with Gasteiger partial charge < -0.3 is 10.2 Å². The second kappa shape index (κ2) is 5.04. The van der Waals surface area contributed by atoms with E-state index in [1.54, 1.807) is 0 Å². The van der Waals surface area contributed by atoms with E-state index >= 15 is 0 Å². The number of piperazine rings is 1. The maximum atomic E-state index is 11.2. The molecule has 1 fully saturated rings. The Morgan fingerprint density at radius 3 is 2.62 bits per heavy atom. The fourth-order valence-electron chi connectivity index (χ4n) is 1.86. The van der Waals surface area contributed by atoms with Crippen LogP contribution in [-0.2, 0) is 11.3 Å². The van der Waals surface area contributed by atoms with E-state index in [0.29, 0.717) is 23.1 Å². The van der Waals surface area contributed by atoms with E-state index in [9.17, 15) is 4.79 Å². The summed E-state index contributed by atoms with van der Waals surface area (Å²) in [5, 5.41) is 4.15. The van der Waals surface area contributed by atoms with Gasteiger partial charge in [0.05, 0.1) is 23.1 Å². The quantitative estimate of drug-likeness (QED) is 0.798. The van der Waals surface area contributed by atoms with Gasteiger partial charge in [-0.15, -0.1) is 0 Å². The number of carbonyl (C=O) groups excluding carboxylic acids is 1. The molecule has 1 unspecified atom stereocenters. The zero-order valence-corrected chi connectivity index (χ0v) is 10.2. The predicted molar refractivity (Wildman–Crippen MR) is 63.9 cm³/mol. The van der Waals surface area contributed by atoms with Crippen molar-refractivity contribution in [3.05, 3.63) is 33.8 Å². The lowest BCUT2D eigenvalue weighted by Gasteiger charge is -2.24. The van der Waals surface area contributed by atoms with Crippen molar-refractivity contribution in [3.8, 4) is 0 Å². The number of halogens is 2. The fourth-order valence-corrected chi connectivity index (χ4v) is 2.39. The molecule has 5 heteroatoms. The molecule has 86 valence electrons. The lowest BCUT2D eigenvalue weighted by atomic mass is 10.2. The van der Waals surface area contributed by atoms with Crippen LogP contribution in [0.15, 0.2) is 18.2 Å². The Bertz CT molecular complexity index is 389. The van der Waals surface area contributed by atoms with E-state index in [1.165, 1.54) is 4.90 Å². The topological polar surface area (TPSA) is 33.5 Å². The Labute approximate surface area is 104 Å². The first kappa shape index (κ1) is 11.7. The Kier molecular flexibility index (Phi) is 3.69. The molecule has 0 saturated carbocycles. The zero-order valence-electron chi connectivity index (χ0n) is 8.72. The SMILES string of the molecule is O=C1C[NH+](Cc2c(Cl)cccc2Cl)CCN1. The van der Waals surface area contributed by atoms with Crippen LogP contribution in [0.4, 0.5) is 0 Å². The van der Waals surface area contributed by atoms with Crippen LogP contribution in [0, 0.1) is 0 Å². The van der Waals surface area contributed by atoms with Gasteiger partial charge in [0.25, 0.3) is 5.91 Å². The number of carbonyl (C=O) groups is 1. The van der Waals surface area contributed by atoms with Crippen LogP contribution in [-0.4, -0.2) is 25.5 Å². The van der Waals surface area contributed by atoms with E-state index in [-0.39, 0.29) is 5.91 Å². The number of quaternary nitrogens is 1. The van der Waals surface area contributed by atoms with Crippen molar-refractivity contribution in [3.63, 3.8) is 0 Å². The molecule has 1 aliphatic heterocycles. The van der Waals surface area contributed by atoms with Crippen molar-refractivity contribution < 1.29 is 9.69 Å². The lowest BCUT2D eigenvalue weighted by Crippen LogP contribution is -3.14. The summed E-state index contributed by atoms with van der Waals surface area (Å²) in [5.74, 6) is 0.0874. The third kappa shape index (κ3) is 2.67. The van der Waals surface area contributed by atoms with Gasteiger partial charge in [0.15, 0.2) is 6.54 Å². The molecule has 0 aliphatic carbocycles. The Morgan fingerprint density at radius 2 is 2.00 bits per heavy atom. The molecular weight excluding hydrogens is 247 g/mol. The molecule has 1 amide bonds. The highest BCUT2D eigenvalue weighted by molar-refractivity contribution is 6.35. The molecule has 0 aromatic heterocycles. The molecule has 0 radical (unpaired) electrons. The second-order valence-corrected chi connectivity index (χ2v) is 4.72. The molecule has 0 spiro atoms. The highest BCUT2D eigenvalue weighted by Gasteiger charge is 2.21. The molecule has 0 bridgehead atoms. The van der Waals surface area contributed by atoms with Crippen LogP contribution in [0.5, 0.6) is 0 Å². The predicted octanol–water partition coefficient (Wildman–Crippen LogP) is 0.508. The summed E-state index contributed by atoms with van der Waals surface area (Å²) >= 11 is 12.2. The maximum Gasteiger partial charge on any atom is 0.275 e. The van der Waals surface area contributed by atoms with Crippen molar-refractivity contribution in [2.75, 3.05) is 19.6 Å². The number of rotatable bonds is 2. The first-order chi connectivity index (χ1) is 7.66. The first-order valence-electron chi connectivity index (χ1n) is 5.20. The summed E-state index contributed by atoms with van der Waals surface area (Å²) in [6, 6.07) is 5.48. The highest BCUT2D eigenvalue weighted by atomic mass is 35.5. The van der Waals surface area contributed by atoms with Crippen LogP contribution >= 0.6 is 23.2 Å². The van der Waals surface area contributed by atoms with E-state index in [4.69, 9.17) is 23.2 Å². The third-order valence-electron chi connectivity index (χ3n) is 2.70. The van der Waals surface area contributed by atoms with Gasteiger partial charge in [-0.05, 0) is 12.1 Å². The van der Waals surface area contributed by atoms with E-state index < -0.39 is 0 Å². The summed E-state index contributed by atoms with van der Waals surface area (Å²) in [7, 11) is 0.